The minimum Gasteiger partial charge on any atom is -0.472 e. The molecule has 2 aliphatic rings. The van der Waals surface area contributed by atoms with Gasteiger partial charge in [-0.2, -0.15) is 0 Å². The Labute approximate surface area is 207 Å². The fourth-order valence-electron chi connectivity index (χ4n) is 4.04. The van der Waals surface area contributed by atoms with E-state index in [-0.39, 0.29) is 48.4 Å². The van der Waals surface area contributed by atoms with E-state index in [1.54, 1.807) is 43.1 Å². The zero-order valence-electron chi connectivity index (χ0n) is 21.0. The van der Waals surface area contributed by atoms with Crippen molar-refractivity contribution < 1.29 is 28.9 Å². The molecule has 0 radical (unpaired) electrons. The number of hydrogen-bond donors (Lipinski definition) is 1. The highest BCUT2D eigenvalue weighted by Gasteiger charge is 2.34. The molecule has 1 N–H and O–H groups in total. The highest BCUT2D eigenvalue weighted by atomic mass is 16.5. The summed E-state index contributed by atoms with van der Waals surface area (Å²) >= 11 is 0. The van der Waals surface area contributed by atoms with E-state index in [9.17, 15) is 14.7 Å². The van der Waals surface area contributed by atoms with E-state index in [2.05, 4.69) is 21.7 Å². The summed E-state index contributed by atoms with van der Waals surface area (Å²) in [6.45, 7) is 7.65. The van der Waals surface area contributed by atoms with Gasteiger partial charge < -0.3 is 29.1 Å². The Balaban J connectivity index is 1.83. The van der Waals surface area contributed by atoms with Crippen LogP contribution in [-0.4, -0.2) is 122 Å². The lowest BCUT2D eigenvalue weighted by Crippen LogP contribution is -2.51. The van der Waals surface area contributed by atoms with Crippen molar-refractivity contribution in [2.45, 2.75) is 26.0 Å². The Hall–Kier alpha value is -2.71. The molecule has 0 unspecified atom stereocenters. The van der Waals surface area contributed by atoms with E-state index >= 15 is 0 Å². The molecule has 3 rings (SSSR count). The van der Waals surface area contributed by atoms with Gasteiger partial charge in [0.05, 0.1) is 39.0 Å². The number of rotatable bonds is 7. The molecule has 1 aromatic rings. The first kappa shape index (κ1) is 26.9. The third-order valence-corrected chi connectivity index (χ3v) is 6.31. The number of fused-ring (bicyclic) bond motifs is 1. The van der Waals surface area contributed by atoms with Gasteiger partial charge in [-0.1, -0.05) is 18.8 Å². The maximum Gasteiger partial charge on any atom is 0.259 e. The number of likely N-dealkylation sites (N-methyl/N-ethyl adjacent to an activating group) is 1. The summed E-state index contributed by atoms with van der Waals surface area (Å²) in [6.07, 6.45) is 1.16. The highest BCUT2D eigenvalue weighted by molar-refractivity contribution is 5.97. The number of methoxy groups -OCH3 is 1. The lowest BCUT2D eigenvalue weighted by atomic mass is 10.00. The predicted octanol–water partition coefficient (Wildman–Crippen LogP) is 0.0902. The normalized spacial score (nSPS) is 21.6. The lowest BCUT2D eigenvalue weighted by molar-refractivity contribution is -0.133. The minimum absolute atomic E-state index is 0.00151. The van der Waals surface area contributed by atoms with E-state index in [4.69, 9.17) is 14.2 Å². The molecule has 0 aliphatic carbocycles. The second kappa shape index (κ2) is 12.8. The van der Waals surface area contributed by atoms with E-state index in [0.29, 0.717) is 38.4 Å². The van der Waals surface area contributed by atoms with Gasteiger partial charge in [0.2, 0.25) is 11.8 Å². The zero-order valence-corrected chi connectivity index (χ0v) is 21.0. The Kier molecular flexibility index (Phi) is 9.86. The molecule has 192 valence electrons. The van der Waals surface area contributed by atoms with Crippen molar-refractivity contribution in [2.24, 2.45) is 5.92 Å². The molecule has 10 nitrogen and oxygen atoms in total. The van der Waals surface area contributed by atoms with Crippen molar-refractivity contribution in [3.05, 3.63) is 23.4 Å². The number of amides is 2. The van der Waals surface area contributed by atoms with Crippen molar-refractivity contribution in [1.82, 2.24) is 19.7 Å². The fourth-order valence-corrected chi connectivity index (χ4v) is 4.04. The first-order chi connectivity index (χ1) is 16.8. The summed E-state index contributed by atoms with van der Waals surface area (Å²) in [7, 11) is 3.32. The van der Waals surface area contributed by atoms with Gasteiger partial charge in [-0.3, -0.25) is 14.5 Å². The van der Waals surface area contributed by atoms with E-state index in [0.717, 1.165) is 13.1 Å². The smallest absolute Gasteiger partial charge is 0.259 e. The van der Waals surface area contributed by atoms with Gasteiger partial charge in [-0.05, 0) is 13.0 Å². The summed E-state index contributed by atoms with van der Waals surface area (Å²) in [6, 6.07) is 1.27. The van der Waals surface area contributed by atoms with Crippen LogP contribution in [0.25, 0.3) is 0 Å². The van der Waals surface area contributed by atoms with Crippen molar-refractivity contribution in [2.75, 3.05) is 73.3 Å². The summed E-state index contributed by atoms with van der Waals surface area (Å²) in [4.78, 5) is 36.1. The molecule has 3 heterocycles. The van der Waals surface area contributed by atoms with E-state index in [1.807, 2.05) is 6.92 Å². The average molecular weight is 489 g/mol. The quantitative estimate of drug-likeness (QED) is 0.539. The van der Waals surface area contributed by atoms with E-state index in [1.165, 1.54) is 0 Å². The Bertz CT molecular complexity index is 940. The second-order valence-electron chi connectivity index (χ2n) is 9.10. The molecule has 35 heavy (non-hydrogen) atoms. The monoisotopic (exact) mass is 488 g/mol. The lowest BCUT2D eigenvalue weighted by Gasteiger charge is -2.38. The Morgan fingerprint density at radius 1 is 1.40 bits per heavy atom. The van der Waals surface area contributed by atoms with Crippen molar-refractivity contribution >= 4 is 11.8 Å². The molecule has 3 atom stereocenters. The van der Waals surface area contributed by atoms with E-state index < -0.39 is 6.10 Å². The van der Waals surface area contributed by atoms with Gasteiger partial charge in [0, 0.05) is 51.5 Å². The summed E-state index contributed by atoms with van der Waals surface area (Å²) in [5.74, 6) is 5.62. The number of aromatic nitrogens is 1. The third kappa shape index (κ3) is 7.15. The van der Waals surface area contributed by atoms with Gasteiger partial charge >= 0.3 is 0 Å². The number of pyridine rings is 1. The van der Waals surface area contributed by atoms with Crippen LogP contribution in [0.3, 0.4) is 0 Å². The third-order valence-electron chi connectivity index (χ3n) is 6.31. The van der Waals surface area contributed by atoms with Crippen LogP contribution in [0.5, 0.6) is 5.88 Å². The van der Waals surface area contributed by atoms with Crippen molar-refractivity contribution in [3.8, 4) is 17.7 Å². The number of ether oxygens (including phenoxy) is 3. The SMILES string of the molecule is COCC#Cc1cnc2c(c1)C(=O)N([C@H](C)CO)C[C@H](C)[C@@H](CN(C)C(=O)CN1CCOCC1)O2. The molecule has 10 heteroatoms. The van der Waals surface area contributed by atoms with Crippen LogP contribution < -0.4 is 4.74 Å². The van der Waals surface area contributed by atoms with Gasteiger partial charge in [-0.15, -0.1) is 0 Å². The number of morpholine rings is 1. The molecule has 0 spiro atoms. The summed E-state index contributed by atoms with van der Waals surface area (Å²) < 4.78 is 16.6. The molecular formula is C25H36N4O6. The number of nitrogens with zero attached hydrogens (tertiary/aromatic N) is 4. The van der Waals surface area contributed by atoms with Crippen LogP contribution in [0.4, 0.5) is 0 Å². The van der Waals surface area contributed by atoms with Crippen molar-refractivity contribution in [1.29, 1.82) is 0 Å². The van der Waals surface area contributed by atoms with Crippen LogP contribution in [0.15, 0.2) is 12.3 Å². The predicted molar refractivity (Wildman–Crippen MR) is 129 cm³/mol. The van der Waals surface area contributed by atoms with Gasteiger partial charge in [0.25, 0.3) is 5.91 Å². The Morgan fingerprint density at radius 3 is 2.83 bits per heavy atom. The molecule has 1 saturated heterocycles. The summed E-state index contributed by atoms with van der Waals surface area (Å²) in [5.41, 5.74) is 0.853. The standard InChI is InChI=1S/C25H36N4O6/c1-18-14-29(19(2)17-30)25(32)21-12-20(6-5-9-33-4)13-26-24(21)35-22(18)15-27(3)23(31)16-28-7-10-34-11-8-28/h12-13,18-19,22,30H,7-11,14-17H2,1-4H3/t18-,19+,22+/m0/s1. The first-order valence-corrected chi connectivity index (χ1v) is 11.9. The van der Waals surface area contributed by atoms with Crippen LogP contribution in [-0.2, 0) is 14.3 Å². The molecular weight excluding hydrogens is 452 g/mol. The fraction of sp³-hybridized carbons (Fsp3) is 0.640. The molecule has 1 aromatic heterocycles. The average Bonchev–Trinajstić information content (AvgIpc) is 2.86. The largest absolute Gasteiger partial charge is 0.472 e. The molecule has 0 bridgehead atoms. The zero-order chi connectivity index (χ0) is 25.4. The number of carbonyl (C=O) groups excluding carboxylic acids is 2. The number of aliphatic hydroxyl groups excluding tert-OH is 1. The van der Waals surface area contributed by atoms with Gasteiger partial charge in [0.15, 0.2) is 0 Å². The molecule has 2 aliphatic heterocycles. The van der Waals surface area contributed by atoms with Gasteiger partial charge in [0.1, 0.15) is 18.3 Å². The molecule has 0 aromatic carbocycles. The maximum absolute atomic E-state index is 13.4. The highest BCUT2D eigenvalue weighted by Crippen LogP contribution is 2.27. The molecule has 1 fully saturated rings. The topological polar surface area (TPSA) is 105 Å². The number of aliphatic hydroxyl groups is 1. The van der Waals surface area contributed by atoms with Crippen LogP contribution in [0.2, 0.25) is 0 Å². The number of carbonyl (C=O) groups is 2. The second-order valence-corrected chi connectivity index (χ2v) is 9.10. The van der Waals surface area contributed by atoms with Crippen molar-refractivity contribution in [3.63, 3.8) is 0 Å². The molecule has 2 amide bonds. The minimum atomic E-state index is -0.396. The molecule has 0 saturated carbocycles. The number of hydrogen-bond acceptors (Lipinski definition) is 8. The van der Waals surface area contributed by atoms with Gasteiger partial charge in [-0.25, -0.2) is 4.98 Å². The first-order valence-electron chi connectivity index (χ1n) is 11.9. The maximum atomic E-state index is 13.4. The Morgan fingerprint density at radius 2 is 2.14 bits per heavy atom. The van der Waals surface area contributed by atoms with Crippen LogP contribution >= 0.6 is 0 Å². The van der Waals surface area contributed by atoms with Crippen LogP contribution in [0.1, 0.15) is 29.8 Å². The summed E-state index contributed by atoms with van der Waals surface area (Å²) in [5, 5.41) is 9.80. The van der Waals surface area contributed by atoms with Crippen LogP contribution in [0, 0.1) is 17.8 Å².